The standard InChI is InChI=1S/C12H17N3O3S/c1-8-9(7-13-15(8)2)10(16)14-12(11(17)18)3-5-19-6-4-12/h7H,3-6H2,1-2H3,(H,14,16)(H,17,18). The lowest BCUT2D eigenvalue weighted by molar-refractivity contribution is -0.144. The quantitative estimate of drug-likeness (QED) is 0.857. The van der Waals surface area contributed by atoms with Gasteiger partial charge in [0.25, 0.3) is 5.91 Å². The third-order valence-corrected chi connectivity index (χ3v) is 4.57. The zero-order valence-electron chi connectivity index (χ0n) is 11.0. The maximum atomic E-state index is 12.2. The molecule has 1 saturated heterocycles. The molecule has 0 bridgehead atoms. The molecule has 6 nitrogen and oxygen atoms in total. The topological polar surface area (TPSA) is 84.2 Å². The van der Waals surface area contributed by atoms with Crippen molar-refractivity contribution in [3.8, 4) is 0 Å². The molecule has 0 aliphatic carbocycles. The second-order valence-electron chi connectivity index (χ2n) is 4.72. The number of rotatable bonds is 3. The second kappa shape index (κ2) is 5.24. The van der Waals surface area contributed by atoms with Crippen LogP contribution in [0.5, 0.6) is 0 Å². The molecule has 1 fully saturated rings. The molecule has 0 unspecified atom stereocenters. The highest BCUT2D eigenvalue weighted by Crippen LogP contribution is 2.28. The Labute approximate surface area is 115 Å². The van der Waals surface area contributed by atoms with Crippen molar-refractivity contribution in [3.63, 3.8) is 0 Å². The summed E-state index contributed by atoms with van der Waals surface area (Å²) in [4.78, 5) is 23.7. The summed E-state index contributed by atoms with van der Waals surface area (Å²) in [6.07, 6.45) is 2.38. The largest absolute Gasteiger partial charge is 0.480 e. The Morgan fingerprint density at radius 2 is 2.11 bits per heavy atom. The van der Waals surface area contributed by atoms with E-state index in [1.54, 1.807) is 30.4 Å². The molecule has 0 atom stereocenters. The molecule has 0 saturated carbocycles. The fourth-order valence-electron chi connectivity index (χ4n) is 2.12. The van der Waals surface area contributed by atoms with Crippen LogP contribution in [0.3, 0.4) is 0 Å². The Bertz CT molecular complexity index is 506. The van der Waals surface area contributed by atoms with Crippen LogP contribution in [0.15, 0.2) is 6.20 Å². The summed E-state index contributed by atoms with van der Waals surface area (Å²) in [5.74, 6) is 0.180. The van der Waals surface area contributed by atoms with Gasteiger partial charge in [-0.3, -0.25) is 9.48 Å². The molecule has 2 N–H and O–H groups in total. The Kier molecular flexibility index (Phi) is 3.84. The number of aryl methyl sites for hydroxylation is 1. The van der Waals surface area contributed by atoms with Crippen molar-refractivity contribution in [1.82, 2.24) is 15.1 Å². The molecule has 2 heterocycles. The summed E-state index contributed by atoms with van der Waals surface area (Å²) < 4.78 is 1.60. The predicted octanol–water partition coefficient (Wildman–Crippen LogP) is 0.809. The normalized spacial score (nSPS) is 18.0. The summed E-state index contributed by atoms with van der Waals surface area (Å²) in [7, 11) is 1.75. The lowest BCUT2D eigenvalue weighted by atomic mass is 9.92. The lowest BCUT2D eigenvalue weighted by Gasteiger charge is -2.33. The van der Waals surface area contributed by atoms with Crippen LogP contribution in [0.1, 0.15) is 28.9 Å². The van der Waals surface area contributed by atoms with E-state index in [0.717, 1.165) is 17.2 Å². The number of nitrogens with one attached hydrogen (secondary N) is 1. The van der Waals surface area contributed by atoms with Crippen molar-refractivity contribution in [2.75, 3.05) is 11.5 Å². The van der Waals surface area contributed by atoms with Crippen LogP contribution in [0.2, 0.25) is 0 Å². The van der Waals surface area contributed by atoms with E-state index in [-0.39, 0.29) is 5.91 Å². The first kappa shape index (κ1) is 13.9. The number of aromatic nitrogens is 2. The van der Waals surface area contributed by atoms with Crippen molar-refractivity contribution in [3.05, 3.63) is 17.5 Å². The van der Waals surface area contributed by atoms with Gasteiger partial charge < -0.3 is 10.4 Å². The maximum Gasteiger partial charge on any atom is 0.329 e. The third-order valence-electron chi connectivity index (χ3n) is 3.59. The number of aliphatic carboxylic acids is 1. The fourth-order valence-corrected chi connectivity index (χ4v) is 3.31. The molecule has 0 aromatic carbocycles. The number of carboxylic acid groups (broad SMARTS) is 1. The van der Waals surface area contributed by atoms with Gasteiger partial charge in [-0.15, -0.1) is 0 Å². The number of carbonyl (C=O) groups excluding carboxylic acids is 1. The Morgan fingerprint density at radius 3 is 2.58 bits per heavy atom. The summed E-state index contributed by atoms with van der Waals surface area (Å²) in [6.45, 7) is 1.78. The SMILES string of the molecule is Cc1c(C(=O)NC2(C(=O)O)CCSCC2)cnn1C. The highest BCUT2D eigenvalue weighted by atomic mass is 32.2. The van der Waals surface area contributed by atoms with E-state index in [9.17, 15) is 14.7 Å². The summed E-state index contributed by atoms with van der Waals surface area (Å²) in [5.41, 5.74) is 0.0227. The van der Waals surface area contributed by atoms with Crippen molar-refractivity contribution in [2.24, 2.45) is 7.05 Å². The van der Waals surface area contributed by atoms with E-state index < -0.39 is 11.5 Å². The number of nitrogens with zero attached hydrogens (tertiary/aromatic N) is 2. The van der Waals surface area contributed by atoms with Gasteiger partial charge in [0.1, 0.15) is 5.54 Å². The first-order valence-electron chi connectivity index (χ1n) is 6.08. The number of hydrogen-bond donors (Lipinski definition) is 2. The Balaban J connectivity index is 2.20. The fraction of sp³-hybridized carbons (Fsp3) is 0.583. The minimum Gasteiger partial charge on any atom is -0.480 e. The van der Waals surface area contributed by atoms with E-state index in [0.29, 0.717) is 18.4 Å². The van der Waals surface area contributed by atoms with Crippen LogP contribution in [0, 0.1) is 6.92 Å². The van der Waals surface area contributed by atoms with E-state index in [2.05, 4.69) is 10.4 Å². The lowest BCUT2D eigenvalue weighted by Crippen LogP contribution is -2.56. The third kappa shape index (κ3) is 2.60. The van der Waals surface area contributed by atoms with Gasteiger partial charge in [0.05, 0.1) is 11.8 Å². The van der Waals surface area contributed by atoms with Gasteiger partial charge in [0.15, 0.2) is 0 Å². The van der Waals surface area contributed by atoms with E-state index in [4.69, 9.17) is 0 Å². The van der Waals surface area contributed by atoms with Crippen LogP contribution in [0.4, 0.5) is 0 Å². The molecule has 0 radical (unpaired) electrons. The average Bonchev–Trinajstić information content (AvgIpc) is 2.71. The van der Waals surface area contributed by atoms with Gasteiger partial charge in [-0.25, -0.2) is 4.79 Å². The van der Waals surface area contributed by atoms with Crippen LogP contribution in [-0.2, 0) is 11.8 Å². The molecular weight excluding hydrogens is 266 g/mol. The highest BCUT2D eigenvalue weighted by molar-refractivity contribution is 7.99. The van der Waals surface area contributed by atoms with Gasteiger partial charge in [-0.1, -0.05) is 0 Å². The molecule has 7 heteroatoms. The minimum absolute atomic E-state index is 0.361. The van der Waals surface area contributed by atoms with Crippen LogP contribution in [0.25, 0.3) is 0 Å². The van der Waals surface area contributed by atoms with E-state index in [1.165, 1.54) is 6.20 Å². The number of carbonyl (C=O) groups is 2. The van der Waals surface area contributed by atoms with Gasteiger partial charge in [-0.05, 0) is 31.3 Å². The van der Waals surface area contributed by atoms with Crippen molar-refractivity contribution in [1.29, 1.82) is 0 Å². The van der Waals surface area contributed by atoms with Crippen LogP contribution in [-0.4, -0.2) is 43.8 Å². The Hall–Kier alpha value is -1.50. The highest BCUT2D eigenvalue weighted by Gasteiger charge is 2.41. The predicted molar refractivity (Wildman–Crippen MR) is 72.3 cm³/mol. The molecule has 1 aromatic heterocycles. The first-order valence-corrected chi connectivity index (χ1v) is 7.24. The van der Waals surface area contributed by atoms with E-state index >= 15 is 0 Å². The maximum absolute atomic E-state index is 12.2. The minimum atomic E-state index is -1.13. The molecule has 104 valence electrons. The van der Waals surface area contributed by atoms with Gasteiger partial charge >= 0.3 is 5.97 Å². The van der Waals surface area contributed by atoms with Gasteiger partial charge in [-0.2, -0.15) is 16.9 Å². The number of carboxylic acids is 1. The van der Waals surface area contributed by atoms with E-state index in [1.807, 2.05) is 0 Å². The molecule has 1 aliphatic rings. The molecule has 1 aromatic rings. The Morgan fingerprint density at radius 1 is 1.47 bits per heavy atom. The zero-order valence-corrected chi connectivity index (χ0v) is 11.8. The van der Waals surface area contributed by atoms with Crippen molar-refractivity contribution >= 4 is 23.6 Å². The molecular formula is C12H17N3O3S. The van der Waals surface area contributed by atoms with Gasteiger partial charge in [0.2, 0.25) is 0 Å². The molecule has 1 aliphatic heterocycles. The van der Waals surface area contributed by atoms with Crippen LogP contribution < -0.4 is 5.32 Å². The summed E-state index contributed by atoms with van der Waals surface area (Å²) in [6, 6.07) is 0. The number of thioether (sulfide) groups is 1. The van der Waals surface area contributed by atoms with Crippen LogP contribution >= 0.6 is 11.8 Å². The molecule has 0 spiro atoms. The van der Waals surface area contributed by atoms with Crippen molar-refractivity contribution < 1.29 is 14.7 Å². The molecule has 1 amide bonds. The average molecular weight is 283 g/mol. The summed E-state index contributed by atoms with van der Waals surface area (Å²) >= 11 is 1.71. The first-order chi connectivity index (χ1) is 8.96. The van der Waals surface area contributed by atoms with Gasteiger partial charge in [0, 0.05) is 12.7 Å². The smallest absolute Gasteiger partial charge is 0.329 e. The van der Waals surface area contributed by atoms with Crippen molar-refractivity contribution in [2.45, 2.75) is 25.3 Å². The molecule has 19 heavy (non-hydrogen) atoms. The molecule has 2 rings (SSSR count). The second-order valence-corrected chi connectivity index (χ2v) is 5.95. The monoisotopic (exact) mass is 283 g/mol. The summed E-state index contributed by atoms with van der Waals surface area (Å²) in [5, 5.41) is 16.1. The number of hydrogen-bond acceptors (Lipinski definition) is 4. The number of amides is 1. The zero-order chi connectivity index (χ0) is 14.0.